The lowest BCUT2D eigenvalue weighted by atomic mass is 9.95. The number of amides is 1. The monoisotopic (exact) mass is 429 g/mol. The Bertz CT molecular complexity index is 949. The summed E-state index contributed by atoms with van der Waals surface area (Å²) in [6.07, 6.45) is 2.26. The number of carbonyl (C=O) groups excluding carboxylic acids is 1. The van der Waals surface area contributed by atoms with E-state index in [0.717, 1.165) is 30.2 Å². The molecule has 0 saturated carbocycles. The molecule has 2 heterocycles. The van der Waals surface area contributed by atoms with E-state index in [2.05, 4.69) is 9.62 Å². The molecule has 28 heavy (non-hydrogen) atoms. The lowest BCUT2D eigenvalue weighted by molar-refractivity contribution is -0.123. The lowest BCUT2D eigenvalue weighted by Crippen LogP contribution is -2.40. The molecule has 0 spiro atoms. The number of hydrogen-bond donors (Lipinski definition) is 1. The van der Waals surface area contributed by atoms with Crippen LogP contribution in [0.5, 0.6) is 0 Å². The van der Waals surface area contributed by atoms with Gasteiger partial charge in [0.05, 0.1) is 21.8 Å². The van der Waals surface area contributed by atoms with Crippen molar-refractivity contribution < 1.29 is 21.6 Å². The molecule has 0 aliphatic carbocycles. The van der Waals surface area contributed by atoms with Crippen molar-refractivity contribution in [3.8, 4) is 0 Å². The Hall–Kier alpha value is -1.49. The molecule has 1 aromatic rings. The highest BCUT2D eigenvalue weighted by Crippen LogP contribution is 2.35. The molecule has 3 rings (SSSR count). The number of nitrogens with one attached hydrogen (secondary N) is 1. The second-order valence-corrected chi connectivity index (χ2v) is 11.7. The topological polar surface area (TPSA) is 104 Å². The second kappa shape index (κ2) is 7.40. The van der Waals surface area contributed by atoms with Gasteiger partial charge in [-0.3, -0.25) is 9.69 Å². The predicted octanol–water partition coefficient (Wildman–Crippen LogP) is 1.15. The van der Waals surface area contributed by atoms with Crippen molar-refractivity contribution in [2.45, 2.75) is 44.6 Å². The van der Waals surface area contributed by atoms with Gasteiger partial charge >= 0.3 is 0 Å². The number of rotatable bonds is 6. The van der Waals surface area contributed by atoms with E-state index in [1.54, 1.807) is 13.8 Å². The van der Waals surface area contributed by atoms with Crippen LogP contribution in [-0.2, 0) is 24.8 Å². The number of likely N-dealkylation sites (tertiary alicyclic amines) is 1. The van der Waals surface area contributed by atoms with Crippen molar-refractivity contribution in [1.82, 2.24) is 9.62 Å². The van der Waals surface area contributed by atoms with Gasteiger partial charge in [-0.2, -0.15) is 0 Å². The van der Waals surface area contributed by atoms with E-state index >= 15 is 0 Å². The Balaban J connectivity index is 1.74. The minimum Gasteiger partial charge on any atom is -0.299 e. The molecule has 156 valence electrons. The third kappa shape index (κ3) is 4.10. The summed E-state index contributed by atoms with van der Waals surface area (Å²) in [4.78, 5) is 14.7. The molecule has 0 radical (unpaired) electrons. The van der Waals surface area contributed by atoms with E-state index in [9.17, 15) is 21.6 Å². The maximum Gasteiger partial charge on any atom is 0.247 e. The van der Waals surface area contributed by atoms with E-state index in [1.807, 2.05) is 6.92 Å². The number of benzene rings is 1. The summed E-state index contributed by atoms with van der Waals surface area (Å²) in [5.41, 5.74) is -0.850. The predicted molar refractivity (Wildman–Crippen MR) is 107 cm³/mol. The van der Waals surface area contributed by atoms with Crippen LogP contribution in [0, 0.1) is 5.41 Å². The van der Waals surface area contributed by atoms with Crippen molar-refractivity contribution in [3.63, 3.8) is 0 Å². The number of carbonyl (C=O) groups is 1. The zero-order valence-corrected chi connectivity index (χ0v) is 18.0. The summed E-state index contributed by atoms with van der Waals surface area (Å²) in [5, 5.41) is 0. The molecule has 2 saturated heterocycles. The van der Waals surface area contributed by atoms with Crippen LogP contribution in [0.15, 0.2) is 29.2 Å². The van der Waals surface area contributed by atoms with Crippen LogP contribution in [0.4, 0.5) is 5.69 Å². The van der Waals surface area contributed by atoms with Crippen molar-refractivity contribution in [1.29, 1.82) is 0 Å². The molecule has 1 aromatic carbocycles. The fourth-order valence-electron chi connectivity index (χ4n) is 3.65. The zero-order valence-electron chi connectivity index (χ0n) is 16.4. The molecule has 0 bridgehead atoms. The van der Waals surface area contributed by atoms with Gasteiger partial charge in [-0.1, -0.05) is 0 Å². The third-order valence-corrected chi connectivity index (χ3v) is 8.76. The van der Waals surface area contributed by atoms with Crippen molar-refractivity contribution >= 4 is 31.6 Å². The Morgan fingerprint density at radius 1 is 1.14 bits per heavy atom. The molecule has 0 aromatic heterocycles. The normalized spacial score (nSPS) is 23.2. The first-order valence-electron chi connectivity index (χ1n) is 9.35. The molecule has 8 nitrogen and oxygen atoms in total. The van der Waals surface area contributed by atoms with Gasteiger partial charge in [-0.05, 0) is 71.0 Å². The summed E-state index contributed by atoms with van der Waals surface area (Å²) in [5.74, 6) is -0.782. The van der Waals surface area contributed by atoms with Crippen LogP contribution in [0.1, 0.15) is 33.6 Å². The minimum absolute atomic E-state index is 0.0353. The molecule has 1 atom stereocenters. The maximum atomic E-state index is 12.6. The summed E-state index contributed by atoms with van der Waals surface area (Å²) in [7, 11) is -7.48. The van der Waals surface area contributed by atoms with Crippen LogP contribution < -0.4 is 9.03 Å². The maximum absolute atomic E-state index is 12.6. The molecule has 1 N–H and O–H groups in total. The largest absolute Gasteiger partial charge is 0.299 e. The number of hydrogen-bond acceptors (Lipinski definition) is 6. The van der Waals surface area contributed by atoms with Crippen LogP contribution in [0.25, 0.3) is 0 Å². The highest BCUT2D eigenvalue weighted by molar-refractivity contribution is 7.94. The molecule has 2 aliphatic rings. The standard InChI is InChI=1S/C18H27N3O5S2/c1-14(20-10-4-5-11-20)12-19-28(25,26)16-8-6-15(7-9-16)21-17(22)18(2,3)13-27(21,23)24/h6-9,14,19H,4-5,10-13H2,1-3H3/t14-/m0/s1. The SMILES string of the molecule is C[C@@H](CNS(=O)(=O)c1ccc(N2C(=O)C(C)(C)CS2(=O)=O)cc1)N1CCCC1. The van der Waals surface area contributed by atoms with Crippen LogP contribution in [0.3, 0.4) is 0 Å². The first kappa shape index (κ1) is 21.2. The molecular formula is C18H27N3O5S2. The average Bonchev–Trinajstić information content (AvgIpc) is 3.18. The summed E-state index contributed by atoms with van der Waals surface area (Å²) >= 11 is 0. The number of sulfonamides is 2. The smallest absolute Gasteiger partial charge is 0.247 e. The van der Waals surface area contributed by atoms with Gasteiger partial charge in [0.25, 0.3) is 0 Å². The summed E-state index contributed by atoms with van der Waals surface area (Å²) < 4.78 is 53.2. The average molecular weight is 430 g/mol. The summed E-state index contributed by atoms with van der Waals surface area (Å²) in [6.45, 7) is 7.41. The Morgan fingerprint density at radius 2 is 1.71 bits per heavy atom. The van der Waals surface area contributed by atoms with Crippen LogP contribution in [0.2, 0.25) is 0 Å². The third-order valence-electron chi connectivity index (χ3n) is 5.30. The highest BCUT2D eigenvalue weighted by Gasteiger charge is 2.49. The molecule has 0 unspecified atom stereocenters. The summed E-state index contributed by atoms with van der Waals surface area (Å²) in [6, 6.07) is 5.47. The van der Waals surface area contributed by atoms with E-state index in [-0.39, 0.29) is 22.4 Å². The first-order valence-corrected chi connectivity index (χ1v) is 12.4. The molecule has 10 heteroatoms. The minimum atomic E-state index is -3.76. The van der Waals surface area contributed by atoms with Gasteiger partial charge in [0.2, 0.25) is 26.0 Å². The zero-order chi connectivity index (χ0) is 20.7. The van der Waals surface area contributed by atoms with E-state index < -0.39 is 31.4 Å². The fourth-order valence-corrected chi connectivity index (χ4v) is 6.88. The van der Waals surface area contributed by atoms with Gasteiger partial charge in [0.1, 0.15) is 0 Å². The Morgan fingerprint density at radius 3 is 2.21 bits per heavy atom. The van der Waals surface area contributed by atoms with Crippen molar-refractivity contribution in [2.75, 3.05) is 29.7 Å². The van der Waals surface area contributed by atoms with E-state index in [1.165, 1.54) is 24.3 Å². The molecule has 2 fully saturated rings. The number of anilines is 1. The molecule has 1 amide bonds. The van der Waals surface area contributed by atoms with Crippen LogP contribution in [-0.4, -0.2) is 59.1 Å². The van der Waals surface area contributed by atoms with Gasteiger partial charge in [0.15, 0.2) is 0 Å². The van der Waals surface area contributed by atoms with Gasteiger partial charge in [-0.15, -0.1) is 0 Å². The Labute approximate surface area is 167 Å². The first-order chi connectivity index (χ1) is 12.9. The van der Waals surface area contributed by atoms with Crippen molar-refractivity contribution in [3.05, 3.63) is 24.3 Å². The van der Waals surface area contributed by atoms with Gasteiger partial charge in [-0.25, -0.2) is 25.9 Å². The molecular weight excluding hydrogens is 402 g/mol. The van der Waals surface area contributed by atoms with E-state index in [0.29, 0.717) is 6.54 Å². The van der Waals surface area contributed by atoms with Crippen molar-refractivity contribution in [2.24, 2.45) is 5.41 Å². The van der Waals surface area contributed by atoms with Gasteiger partial charge in [0, 0.05) is 12.6 Å². The second-order valence-electron chi connectivity index (χ2n) is 8.15. The molecule has 2 aliphatic heterocycles. The quantitative estimate of drug-likeness (QED) is 0.728. The highest BCUT2D eigenvalue weighted by atomic mass is 32.2. The van der Waals surface area contributed by atoms with Gasteiger partial charge < -0.3 is 0 Å². The fraction of sp³-hybridized carbons (Fsp3) is 0.611. The van der Waals surface area contributed by atoms with Crippen LogP contribution >= 0.6 is 0 Å². The Kier molecular flexibility index (Phi) is 5.61. The number of nitrogens with zero attached hydrogens (tertiary/aromatic N) is 2. The lowest BCUT2D eigenvalue weighted by Gasteiger charge is -2.23. The van der Waals surface area contributed by atoms with E-state index in [4.69, 9.17) is 0 Å².